The van der Waals surface area contributed by atoms with Gasteiger partial charge in [0.25, 0.3) is 0 Å². The van der Waals surface area contributed by atoms with Gasteiger partial charge in [-0.1, -0.05) is 11.6 Å². The Morgan fingerprint density at radius 3 is 2.73 bits per heavy atom. The Labute approximate surface area is 134 Å². The van der Waals surface area contributed by atoms with Gasteiger partial charge in [0, 0.05) is 13.6 Å². The van der Waals surface area contributed by atoms with Gasteiger partial charge in [0.1, 0.15) is 24.9 Å². The molecule has 7 heteroatoms. The topological polar surface area (TPSA) is 52.4 Å². The molecule has 0 saturated heterocycles. The molecule has 3 rings (SSSR count). The molecule has 6 nitrogen and oxygen atoms in total. The zero-order valence-corrected chi connectivity index (χ0v) is 13.7. The van der Waals surface area contributed by atoms with Crippen molar-refractivity contribution >= 4 is 11.6 Å². The van der Waals surface area contributed by atoms with E-state index in [-0.39, 0.29) is 0 Å². The Bertz CT molecular complexity index is 686. The summed E-state index contributed by atoms with van der Waals surface area (Å²) in [4.78, 5) is 2.16. The summed E-state index contributed by atoms with van der Waals surface area (Å²) in [5, 5.41) is 8.85. The van der Waals surface area contributed by atoms with Gasteiger partial charge in [0.15, 0.2) is 11.5 Å². The quantitative estimate of drug-likeness (QED) is 0.863. The molecule has 22 heavy (non-hydrogen) atoms. The number of hydrogen-bond acceptors (Lipinski definition) is 5. The zero-order chi connectivity index (χ0) is 15.7. The molecule has 0 saturated carbocycles. The molecule has 0 fully saturated rings. The van der Waals surface area contributed by atoms with Gasteiger partial charge in [-0.15, -0.1) is 10.2 Å². The molecule has 0 aliphatic carbocycles. The van der Waals surface area contributed by atoms with Crippen LogP contribution in [0.2, 0.25) is 5.02 Å². The van der Waals surface area contributed by atoms with E-state index in [0.717, 1.165) is 29.5 Å². The van der Waals surface area contributed by atoms with Crippen LogP contribution in [0.5, 0.6) is 11.5 Å². The van der Waals surface area contributed by atoms with Crippen LogP contribution in [0.1, 0.15) is 17.2 Å². The van der Waals surface area contributed by atoms with Crippen LogP contribution in [0.4, 0.5) is 0 Å². The molecule has 1 aromatic carbocycles. The normalized spacial score (nSPS) is 13.7. The predicted molar refractivity (Wildman–Crippen MR) is 83.4 cm³/mol. The van der Waals surface area contributed by atoms with E-state index in [1.165, 1.54) is 0 Å². The van der Waals surface area contributed by atoms with E-state index in [9.17, 15) is 0 Å². The van der Waals surface area contributed by atoms with E-state index in [1.54, 1.807) is 0 Å². The van der Waals surface area contributed by atoms with Crippen LogP contribution < -0.4 is 9.47 Å². The standard InChI is InChI=1S/C15H19ClN4O2/c1-10-17-18-14(20(10)3)9-19(2)8-11-6-12(16)15-13(7-11)21-4-5-22-15/h6-7H,4-5,8-9H2,1-3H3. The van der Waals surface area contributed by atoms with Crippen LogP contribution in [-0.4, -0.2) is 39.9 Å². The van der Waals surface area contributed by atoms with Crippen LogP contribution in [-0.2, 0) is 20.1 Å². The summed E-state index contributed by atoms with van der Waals surface area (Å²) in [5.74, 6) is 3.20. The number of hydrogen-bond donors (Lipinski definition) is 0. The molecule has 2 heterocycles. The smallest absolute Gasteiger partial charge is 0.179 e. The van der Waals surface area contributed by atoms with Crippen molar-refractivity contribution in [2.24, 2.45) is 7.05 Å². The van der Waals surface area contributed by atoms with Gasteiger partial charge >= 0.3 is 0 Å². The molecule has 0 N–H and O–H groups in total. The van der Waals surface area contributed by atoms with Gasteiger partial charge in [-0.2, -0.15) is 0 Å². The van der Waals surface area contributed by atoms with E-state index in [1.807, 2.05) is 37.7 Å². The number of aromatic nitrogens is 3. The van der Waals surface area contributed by atoms with Crippen molar-refractivity contribution in [3.63, 3.8) is 0 Å². The molecule has 1 aromatic heterocycles. The van der Waals surface area contributed by atoms with Crippen molar-refractivity contribution in [3.8, 4) is 11.5 Å². The fourth-order valence-corrected chi connectivity index (χ4v) is 2.74. The molecular formula is C15H19ClN4O2. The van der Waals surface area contributed by atoms with Crippen molar-refractivity contribution in [1.82, 2.24) is 19.7 Å². The van der Waals surface area contributed by atoms with Gasteiger partial charge in [-0.25, -0.2) is 0 Å². The molecule has 0 radical (unpaired) electrons. The predicted octanol–water partition coefficient (Wildman–Crippen LogP) is 2.18. The number of aryl methyl sites for hydroxylation is 1. The highest BCUT2D eigenvalue weighted by molar-refractivity contribution is 6.32. The van der Waals surface area contributed by atoms with Gasteiger partial charge in [0.05, 0.1) is 11.6 Å². The van der Waals surface area contributed by atoms with Crippen LogP contribution in [0.15, 0.2) is 12.1 Å². The molecule has 0 atom stereocenters. The van der Waals surface area contributed by atoms with Crippen molar-refractivity contribution in [3.05, 3.63) is 34.4 Å². The minimum absolute atomic E-state index is 0.539. The number of rotatable bonds is 4. The Balaban J connectivity index is 1.72. The minimum Gasteiger partial charge on any atom is -0.486 e. The first kappa shape index (κ1) is 15.1. The molecule has 1 aliphatic heterocycles. The average Bonchev–Trinajstić information content (AvgIpc) is 2.79. The second-order valence-electron chi connectivity index (χ2n) is 5.50. The molecule has 0 bridgehead atoms. The molecule has 118 valence electrons. The summed E-state index contributed by atoms with van der Waals surface area (Å²) >= 11 is 6.27. The summed E-state index contributed by atoms with van der Waals surface area (Å²) in [6.45, 7) is 4.49. The number of halogens is 1. The number of benzene rings is 1. The molecule has 1 aliphatic rings. The van der Waals surface area contributed by atoms with Gasteiger partial charge < -0.3 is 14.0 Å². The maximum absolute atomic E-state index is 6.27. The van der Waals surface area contributed by atoms with Crippen molar-refractivity contribution in [2.75, 3.05) is 20.3 Å². The third-order valence-corrected chi connectivity index (χ3v) is 3.98. The maximum atomic E-state index is 6.27. The van der Waals surface area contributed by atoms with E-state index >= 15 is 0 Å². The summed E-state index contributed by atoms with van der Waals surface area (Å²) in [7, 11) is 4.01. The lowest BCUT2D eigenvalue weighted by molar-refractivity contribution is 0.171. The first-order valence-electron chi connectivity index (χ1n) is 7.16. The van der Waals surface area contributed by atoms with E-state index in [4.69, 9.17) is 21.1 Å². The Hall–Kier alpha value is -1.79. The number of fused-ring (bicyclic) bond motifs is 1. The molecule has 0 amide bonds. The van der Waals surface area contributed by atoms with Gasteiger partial charge in [0.2, 0.25) is 0 Å². The average molecular weight is 323 g/mol. The Morgan fingerprint density at radius 2 is 2.00 bits per heavy atom. The third-order valence-electron chi connectivity index (χ3n) is 3.70. The molecule has 2 aromatic rings. The number of ether oxygens (including phenoxy) is 2. The summed E-state index contributed by atoms with van der Waals surface area (Å²) < 4.78 is 13.1. The fraction of sp³-hybridized carbons (Fsp3) is 0.467. The van der Waals surface area contributed by atoms with E-state index < -0.39 is 0 Å². The van der Waals surface area contributed by atoms with E-state index in [2.05, 4.69) is 15.1 Å². The Morgan fingerprint density at radius 1 is 1.23 bits per heavy atom. The minimum atomic E-state index is 0.539. The lowest BCUT2D eigenvalue weighted by Crippen LogP contribution is -2.20. The molecular weight excluding hydrogens is 304 g/mol. The summed E-state index contributed by atoms with van der Waals surface area (Å²) in [6, 6.07) is 3.91. The highest BCUT2D eigenvalue weighted by Crippen LogP contribution is 2.38. The summed E-state index contributed by atoms with van der Waals surface area (Å²) in [5.41, 5.74) is 1.08. The second-order valence-corrected chi connectivity index (χ2v) is 5.90. The lowest BCUT2D eigenvalue weighted by Gasteiger charge is -2.22. The molecule has 0 unspecified atom stereocenters. The monoisotopic (exact) mass is 322 g/mol. The SMILES string of the molecule is Cc1nnc(CN(C)Cc2cc(Cl)c3c(c2)OCCO3)n1C. The van der Waals surface area contributed by atoms with Crippen LogP contribution in [0.3, 0.4) is 0 Å². The first-order valence-corrected chi connectivity index (χ1v) is 7.54. The van der Waals surface area contributed by atoms with E-state index in [0.29, 0.717) is 30.5 Å². The van der Waals surface area contributed by atoms with Crippen molar-refractivity contribution in [1.29, 1.82) is 0 Å². The van der Waals surface area contributed by atoms with Gasteiger partial charge in [-0.05, 0) is 31.7 Å². The highest BCUT2D eigenvalue weighted by atomic mass is 35.5. The van der Waals surface area contributed by atoms with Crippen molar-refractivity contribution in [2.45, 2.75) is 20.0 Å². The third kappa shape index (κ3) is 3.03. The Kier molecular flexibility index (Phi) is 4.22. The number of nitrogens with zero attached hydrogens (tertiary/aromatic N) is 4. The van der Waals surface area contributed by atoms with Crippen LogP contribution in [0, 0.1) is 6.92 Å². The fourth-order valence-electron chi connectivity index (χ4n) is 2.45. The van der Waals surface area contributed by atoms with Crippen molar-refractivity contribution < 1.29 is 9.47 Å². The zero-order valence-electron chi connectivity index (χ0n) is 13.0. The van der Waals surface area contributed by atoms with Crippen LogP contribution in [0.25, 0.3) is 0 Å². The maximum Gasteiger partial charge on any atom is 0.179 e. The lowest BCUT2D eigenvalue weighted by atomic mass is 10.2. The van der Waals surface area contributed by atoms with Gasteiger partial charge in [-0.3, -0.25) is 4.90 Å². The second kappa shape index (κ2) is 6.14. The molecule has 0 spiro atoms. The first-order chi connectivity index (χ1) is 10.5. The summed E-state index contributed by atoms with van der Waals surface area (Å²) in [6.07, 6.45) is 0. The highest BCUT2D eigenvalue weighted by Gasteiger charge is 2.17. The van der Waals surface area contributed by atoms with Crippen LogP contribution >= 0.6 is 11.6 Å². The largest absolute Gasteiger partial charge is 0.486 e.